The van der Waals surface area contributed by atoms with Crippen LogP contribution in [0, 0.1) is 0 Å². The quantitative estimate of drug-likeness (QED) is 0.819. The average Bonchev–Trinajstić information content (AvgIpc) is 2.91. The molecule has 0 radical (unpaired) electrons. The lowest BCUT2D eigenvalue weighted by atomic mass is 10.2. The van der Waals surface area contributed by atoms with Crippen molar-refractivity contribution in [3.05, 3.63) is 29.3 Å². The average molecular weight is 361 g/mol. The molecule has 6 nitrogen and oxygen atoms in total. The van der Waals surface area contributed by atoms with Crippen molar-refractivity contribution < 1.29 is 17.9 Å². The van der Waals surface area contributed by atoms with E-state index in [1.807, 2.05) is 6.07 Å². The van der Waals surface area contributed by atoms with Crippen LogP contribution in [0.2, 0.25) is 5.02 Å². The number of nitrogens with zero attached hydrogens (tertiary/aromatic N) is 1. The molecule has 1 aliphatic heterocycles. The first-order chi connectivity index (χ1) is 10.7. The molecule has 1 amide bonds. The van der Waals surface area contributed by atoms with Crippen LogP contribution in [-0.4, -0.2) is 56.5 Å². The summed E-state index contributed by atoms with van der Waals surface area (Å²) in [7, 11) is -3.12. The van der Waals surface area contributed by atoms with Crippen molar-refractivity contribution in [1.29, 1.82) is 0 Å². The molecule has 0 bridgehead atoms. The predicted molar refractivity (Wildman–Crippen MR) is 89.4 cm³/mol. The summed E-state index contributed by atoms with van der Waals surface area (Å²) in [6.07, 6.45) is 1.86. The third-order valence-electron chi connectivity index (χ3n) is 3.67. The minimum absolute atomic E-state index is 0.0871. The zero-order valence-corrected chi connectivity index (χ0v) is 14.5. The zero-order valence-electron chi connectivity index (χ0n) is 12.9. The number of rotatable bonds is 6. The van der Waals surface area contributed by atoms with E-state index in [0.29, 0.717) is 30.3 Å². The number of likely N-dealkylation sites (tertiary alicyclic amines) is 1. The Morgan fingerprint density at radius 2 is 2.26 bits per heavy atom. The first-order valence-corrected chi connectivity index (χ1v) is 9.83. The lowest BCUT2D eigenvalue weighted by Gasteiger charge is -2.21. The molecule has 8 heteroatoms. The molecule has 1 aromatic carbocycles. The molecular weight excluding hydrogens is 340 g/mol. The second kappa shape index (κ2) is 7.51. The second-order valence-electron chi connectivity index (χ2n) is 5.80. The van der Waals surface area contributed by atoms with E-state index >= 15 is 0 Å². The summed E-state index contributed by atoms with van der Waals surface area (Å²) in [5.74, 6) is 0.347. The van der Waals surface area contributed by atoms with Crippen LogP contribution < -0.4 is 10.5 Å². The van der Waals surface area contributed by atoms with Crippen LogP contribution in [0.1, 0.15) is 12.8 Å². The number of halogens is 1. The maximum absolute atomic E-state index is 12.2. The zero-order chi connectivity index (χ0) is 17.0. The van der Waals surface area contributed by atoms with Gasteiger partial charge in [-0.3, -0.25) is 4.79 Å². The standard InChI is InChI=1S/C15H21ClN2O4S/c1-23(20,21)8-6-14(17)15(19)18-7-5-13(10-18)22-12-4-2-3-11(16)9-12/h2-4,9,13-14H,5-8,10,17H2,1H3/t13-,14-/m0/s1. The van der Waals surface area contributed by atoms with Crippen LogP contribution >= 0.6 is 11.6 Å². The summed E-state index contributed by atoms with van der Waals surface area (Å²) < 4.78 is 28.1. The summed E-state index contributed by atoms with van der Waals surface area (Å²) in [6, 6.07) is 6.31. The Kier molecular flexibility index (Phi) is 5.89. The van der Waals surface area contributed by atoms with Gasteiger partial charge < -0.3 is 15.4 Å². The molecular formula is C15H21ClN2O4S. The number of hydrogen-bond donors (Lipinski definition) is 1. The normalized spacial score (nSPS) is 19.6. The fourth-order valence-corrected chi connectivity index (χ4v) is 3.32. The SMILES string of the molecule is CS(=O)(=O)CC[C@H](N)C(=O)N1CC[C@H](Oc2cccc(Cl)c2)C1. The number of ether oxygens (including phenoxy) is 1. The van der Waals surface area contributed by atoms with Crippen molar-refractivity contribution in [2.45, 2.75) is 25.0 Å². The number of carbonyl (C=O) groups excluding carboxylic acids is 1. The molecule has 0 spiro atoms. The van der Waals surface area contributed by atoms with Crippen molar-refractivity contribution in [3.63, 3.8) is 0 Å². The van der Waals surface area contributed by atoms with E-state index in [0.717, 1.165) is 6.26 Å². The number of carbonyl (C=O) groups is 1. The lowest BCUT2D eigenvalue weighted by molar-refractivity contribution is -0.131. The molecule has 1 heterocycles. The van der Waals surface area contributed by atoms with Gasteiger partial charge in [0.1, 0.15) is 21.7 Å². The van der Waals surface area contributed by atoms with Crippen molar-refractivity contribution in [3.8, 4) is 5.75 Å². The monoisotopic (exact) mass is 360 g/mol. The van der Waals surface area contributed by atoms with Gasteiger partial charge in [-0.1, -0.05) is 17.7 Å². The molecule has 1 aromatic rings. The molecule has 23 heavy (non-hydrogen) atoms. The number of nitrogens with two attached hydrogens (primary N) is 1. The molecule has 1 saturated heterocycles. The Bertz CT molecular complexity index is 665. The minimum atomic E-state index is -3.12. The third-order valence-corrected chi connectivity index (χ3v) is 4.88. The van der Waals surface area contributed by atoms with E-state index in [-0.39, 0.29) is 24.2 Å². The van der Waals surface area contributed by atoms with Gasteiger partial charge in [-0.05, 0) is 24.6 Å². The van der Waals surface area contributed by atoms with Crippen molar-refractivity contribution in [2.24, 2.45) is 5.73 Å². The fraction of sp³-hybridized carbons (Fsp3) is 0.533. The Morgan fingerprint density at radius 3 is 2.91 bits per heavy atom. The van der Waals surface area contributed by atoms with Gasteiger partial charge in [0.2, 0.25) is 5.91 Å². The molecule has 2 rings (SSSR count). The fourth-order valence-electron chi connectivity index (χ4n) is 2.46. The number of amides is 1. The molecule has 0 saturated carbocycles. The van der Waals surface area contributed by atoms with Crippen LogP contribution in [0.5, 0.6) is 5.75 Å². The summed E-state index contributed by atoms with van der Waals surface area (Å²) in [5.41, 5.74) is 5.81. The third kappa shape index (κ3) is 5.67. The van der Waals surface area contributed by atoms with Gasteiger partial charge in [0.25, 0.3) is 0 Å². The van der Waals surface area contributed by atoms with Gasteiger partial charge >= 0.3 is 0 Å². The summed E-state index contributed by atoms with van der Waals surface area (Å²) in [4.78, 5) is 13.9. The Labute approximate surface area is 141 Å². The highest BCUT2D eigenvalue weighted by Gasteiger charge is 2.30. The highest BCUT2D eigenvalue weighted by atomic mass is 35.5. The Hall–Kier alpha value is -1.31. The van der Waals surface area contributed by atoms with E-state index in [9.17, 15) is 13.2 Å². The summed E-state index contributed by atoms with van der Waals surface area (Å²) in [6.45, 7) is 0.995. The molecule has 2 atom stereocenters. The molecule has 1 fully saturated rings. The smallest absolute Gasteiger partial charge is 0.239 e. The summed E-state index contributed by atoms with van der Waals surface area (Å²) in [5, 5.41) is 0.594. The largest absolute Gasteiger partial charge is 0.488 e. The van der Waals surface area contributed by atoms with E-state index < -0.39 is 15.9 Å². The van der Waals surface area contributed by atoms with Crippen molar-refractivity contribution in [1.82, 2.24) is 4.90 Å². The van der Waals surface area contributed by atoms with E-state index in [1.54, 1.807) is 23.1 Å². The lowest BCUT2D eigenvalue weighted by Crippen LogP contribution is -2.44. The van der Waals surface area contributed by atoms with Crippen LogP contribution in [0.3, 0.4) is 0 Å². The van der Waals surface area contributed by atoms with Gasteiger partial charge in [-0.15, -0.1) is 0 Å². The molecule has 2 N–H and O–H groups in total. The highest BCUT2D eigenvalue weighted by molar-refractivity contribution is 7.90. The number of sulfone groups is 1. The molecule has 128 valence electrons. The topological polar surface area (TPSA) is 89.7 Å². The van der Waals surface area contributed by atoms with Crippen LogP contribution in [-0.2, 0) is 14.6 Å². The van der Waals surface area contributed by atoms with Gasteiger partial charge in [0.15, 0.2) is 0 Å². The van der Waals surface area contributed by atoms with E-state index in [2.05, 4.69) is 0 Å². The van der Waals surface area contributed by atoms with Gasteiger partial charge in [0.05, 0.1) is 18.3 Å². The van der Waals surface area contributed by atoms with Crippen LogP contribution in [0.25, 0.3) is 0 Å². The molecule has 0 aliphatic carbocycles. The van der Waals surface area contributed by atoms with Gasteiger partial charge in [-0.25, -0.2) is 8.42 Å². The van der Waals surface area contributed by atoms with Gasteiger partial charge in [-0.2, -0.15) is 0 Å². The maximum atomic E-state index is 12.2. The van der Waals surface area contributed by atoms with Gasteiger partial charge in [0, 0.05) is 24.2 Å². The second-order valence-corrected chi connectivity index (χ2v) is 8.49. The van der Waals surface area contributed by atoms with E-state index in [1.165, 1.54) is 0 Å². The Balaban J connectivity index is 1.85. The number of benzene rings is 1. The first-order valence-electron chi connectivity index (χ1n) is 7.39. The Morgan fingerprint density at radius 1 is 1.52 bits per heavy atom. The highest BCUT2D eigenvalue weighted by Crippen LogP contribution is 2.22. The predicted octanol–water partition coefficient (Wildman–Crippen LogP) is 1.08. The number of hydrogen-bond acceptors (Lipinski definition) is 5. The molecule has 1 aliphatic rings. The van der Waals surface area contributed by atoms with Crippen molar-refractivity contribution >= 4 is 27.3 Å². The summed E-state index contributed by atoms with van der Waals surface area (Å²) >= 11 is 5.91. The maximum Gasteiger partial charge on any atom is 0.239 e. The van der Waals surface area contributed by atoms with Crippen LogP contribution in [0.4, 0.5) is 0 Å². The molecule has 0 aromatic heterocycles. The van der Waals surface area contributed by atoms with E-state index in [4.69, 9.17) is 22.1 Å². The molecule has 0 unspecified atom stereocenters. The van der Waals surface area contributed by atoms with Crippen LogP contribution in [0.15, 0.2) is 24.3 Å². The minimum Gasteiger partial charge on any atom is -0.488 e. The van der Waals surface area contributed by atoms with Crippen molar-refractivity contribution in [2.75, 3.05) is 25.1 Å². The first kappa shape index (κ1) is 18.0.